The molecule has 1 aliphatic rings. The number of rotatable bonds is 9. The maximum absolute atomic E-state index is 13.1. The van der Waals surface area contributed by atoms with Gasteiger partial charge >= 0.3 is 0 Å². The third-order valence-corrected chi connectivity index (χ3v) is 5.86. The van der Waals surface area contributed by atoms with E-state index in [0.717, 1.165) is 36.1 Å². The molecule has 4 nitrogen and oxygen atoms in total. The SMILES string of the molecule is CCCCCN1C(=O)C(SCc2ccccc2)=C(c2ccc(OC)cc2)C1=O. The van der Waals surface area contributed by atoms with Crippen LogP contribution in [0, 0.1) is 0 Å². The summed E-state index contributed by atoms with van der Waals surface area (Å²) >= 11 is 1.44. The van der Waals surface area contributed by atoms with Gasteiger partial charge < -0.3 is 4.74 Å². The van der Waals surface area contributed by atoms with Gasteiger partial charge in [0.1, 0.15) is 5.75 Å². The van der Waals surface area contributed by atoms with Gasteiger partial charge in [0.15, 0.2) is 0 Å². The summed E-state index contributed by atoms with van der Waals surface area (Å²) in [6.45, 7) is 2.58. The average Bonchev–Trinajstić information content (AvgIpc) is 2.97. The van der Waals surface area contributed by atoms with Gasteiger partial charge in [0.25, 0.3) is 11.8 Å². The zero-order chi connectivity index (χ0) is 19.9. The van der Waals surface area contributed by atoms with Gasteiger partial charge in [-0.25, -0.2) is 0 Å². The highest BCUT2D eigenvalue weighted by Crippen LogP contribution is 2.38. The minimum Gasteiger partial charge on any atom is -0.497 e. The summed E-state index contributed by atoms with van der Waals surface area (Å²) < 4.78 is 5.21. The number of hydrogen-bond acceptors (Lipinski definition) is 4. The standard InChI is InChI=1S/C23H25NO3S/c1-3-4-8-15-24-22(25)20(18-11-13-19(27-2)14-12-18)21(23(24)26)28-16-17-9-6-5-7-10-17/h5-7,9-14H,3-4,8,15-16H2,1-2H3. The molecule has 1 aliphatic heterocycles. The first-order valence-corrected chi connectivity index (χ1v) is 10.6. The van der Waals surface area contributed by atoms with Crippen molar-refractivity contribution in [3.05, 3.63) is 70.6 Å². The predicted octanol–water partition coefficient (Wildman–Crippen LogP) is 4.90. The molecule has 0 atom stereocenters. The van der Waals surface area contributed by atoms with E-state index < -0.39 is 0 Å². The molecule has 1 heterocycles. The van der Waals surface area contributed by atoms with Gasteiger partial charge in [0, 0.05) is 12.3 Å². The van der Waals surface area contributed by atoms with Crippen molar-refractivity contribution in [2.75, 3.05) is 13.7 Å². The van der Waals surface area contributed by atoms with Crippen LogP contribution in [-0.2, 0) is 15.3 Å². The zero-order valence-electron chi connectivity index (χ0n) is 16.3. The number of carbonyl (C=O) groups excluding carboxylic acids is 2. The molecule has 2 aromatic carbocycles. The lowest BCUT2D eigenvalue weighted by atomic mass is 10.1. The van der Waals surface area contributed by atoms with Gasteiger partial charge in [-0.3, -0.25) is 14.5 Å². The molecule has 146 valence electrons. The summed E-state index contributed by atoms with van der Waals surface area (Å²) in [5.41, 5.74) is 2.39. The fourth-order valence-corrected chi connectivity index (χ4v) is 4.24. The molecule has 0 fully saturated rings. The predicted molar refractivity (Wildman–Crippen MR) is 114 cm³/mol. The van der Waals surface area contributed by atoms with E-state index in [1.54, 1.807) is 7.11 Å². The first kappa shape index (κ1) is 20.2. The maximum Gasteiger partial charge on any atom is 0.267 e. The normalized spacial score (nSPS) is 14.1. The first-order chi connectivity index (χ1) is 13.7. The molecular weight excluding hydrogens is 370 g/mol. The Kier molecular flexibility index (Phi) is 6.93. The summed E-state index contributed by atoms with van der Waals surface area (Å²) in [6.07, 6.45) is 2.88. The summed E-state index contributed by atoms with van der Waals surface area (Å²) in [4.78, 5) is 28.1. The number of nitrogens with zero attached hydrogens (tertiary/aromatic N) is 1. The lowest BCUT2D eigenvalue weighted by Gasteiger charge is -2.14. The molecule has 0 radical (unpaired) electrons. The van der Waals surface area contributed by atoms with Gasteiger partial charge in [-0.15, -0.1) is 11.8 Å². The Labute approximate surface area is 170 Å². The Bertz CT molecular complexity index is 859. The molecule has 0 bridgehead atoms. The molecule has 28 heavy (non-hydrogen) atoms. The van der Waals surface area contributed by atoms with Crippen LogP contribution in [0.5, 0.6) is 5.75 Å². The van der Waals surface area contributed by atoms with Crippen LogP contribution in [0.3, 0.4) is 0 Å². The molecule has 2 amide bonds. The van der Waals surface area contributed by atoms with E-state index in [2.05, 4.69) is 6.92 Å². The summed E-state index contributed by atoms with van der Waals surface area (Å²) in [7, 11) is 1.61. The fourth-order valence-electron chi connectivity index (χ4n) is 3.15. The molecule has 0 N–H and O–H groups in total. The molecule has 3 rings (SSSR count). The van der Waals surface area contributed by atoms with Gasteiger partial charge in [-0.2, -0.15) is 0 Å². The van der Waals surface area contributed by atoms with E-state index >= 15 is 0 Å². The van der Waals surface area contributed by atoms with Crippen molar-refractivity contribution in [1.82, 2.24) is 4.90 Å². The number of carbonyl (C=O) groups is 2. The van der Waals surface area contributed by atoms with Crippen molar-refractivity contribution >= 4 is 29.1 Å². The molecule has 0 saturated carbocycles. The summed E-state index contributed by atoms with van der Waals surface area (Å²) in [5, 5.41) is 0. The first-order valence-electron chi connectivity index (χ1n) is 9.57. The van der Waals surface area contributed by atoms with Crippen molar-refractivity contribution in [2.45, 2.75) is 31.9 Å². The highest BCUT2D eigenvalue weighted by atomic mass is 32.2. The van der Waals surface area contributed by atoms with Crippen LogP contribution in [0.1, 0.15) is 37.3 Å². The molecule has 0 aromatic heterocycles. The Morgan fingerprint density at radius 3 is 2.29 bits per heavy atom. The second-order valence-corrected chi connectivity index (χ2v) is 7.66. The van der Waals surface area contributed by atoms with Gasteiger partial charge in [-0.1, -0.05) is 62.2 Å². The molecular formula is C23H25NO3S. The Balaban J connectivity index is 1.89. The zero-order valence-corrected chi connectivity index (χ0v) is 17.1. The van der Waals surface area contributed by atoms with Crippen LogP contribution in [0.15, 0.2) is 59.5 Å². The smallest absolute Gasteiger partial charge is 0.267 e. The largest absolute Gasteiger partial charge is 0.497 e. The quantitative estimate of drug-likeness (QED) is 0.448. The van der Waals surface area contributed by atoms with Crippen molar-refractivity contribution < 1.29 is 14.3 Å². The minimum atomic E-state index is -0.193. The summed E-state index contributed by atoms with van der Waals surface area (Å²) in [6, 6.07) is 17.3. The third-order valence-electron chi connectivity index (χ3n) is 4.72. The molecule has 0 saturated heterocycles. The molecule has 0 aliphatic carbocycles. The Hall–Kier alpha value is -2.53. The maximum atomic E-state index is 13.1. The number of benzene rings is 2. The fraction of sp³-hybridized carbons (Fsp3) is 0.304. The van der Waals surface area contributed by atoms with Crippen LogP contribution in [0.2, 0.25) is 0 Å². The van der Waals surface area contributed by atoms with Gasteiger partial charge in [-0.05, 0) is 29.7 Å². The molecule has 0 spiro atoms. The second kappa shape index (κ2) is 9.60. The number of ether oxygens (including phenoxy) is 1. The van der Waals surface area contributed by atoms with E-state index in [1.165, 1.54) is 16.7 Å². The number of imide groups is 1. The van der Waals surface area contributed by atoms with E-state index in [9.17, 15) is 9.59 Å². The van der Waals surface area contributed by atoms with E-state index in [1.807, 2.05) is 54.6 Å². The second-order valence-electron chi connectivity index (χ2n) is 6.68. The van der Waals surface area contributed by atoms with E-state index in [0.29, 0.717) is 22.8 Å². The molecule has 2 aromatic rings. The van der Waals surface area contributed by atoms with Crippen LogP contribution in [0.4, 0.5) is 0 Å². The number of amides is 2. The van der Waals surface area contributed by atoms with Gasteiger partial charge in [0.2, 0.25) is 0 Å². The number of hydrogen-bond donors (Lipinski definition) is 0. The van der Waals surface area contributed by atoms with E-state index in [-0.39, 0.29) is 11.8 Å². The van der Waals surface area contributed by atoms with Crippen molar-refractivity contribution in [3.8, 4) is 5.75 Å². The number of methoxy groups -OCH3 is 1. The van der Waals surface area contributed by atoms with E-state index in [4.69, 9.17) is 4.74 Å². The average molecular weight is 396 g/mol. The summed E-state index contributed by atoms with van der Waals surface area (Å²) in [5.74, 6) is 1.01. The van der Waals surface area contributed by atoms with Gasteiger partial charge in [0.05, 0.1) is 17.6 Å². The van der Waals surface area contributed by atoms with Crippen molar-refractivity contribution in [3.63, 3.8) is 0 Å². The monoisotopic (exact) mass is 395 g/mol. The molecule has 5 heteroatoms. The highest BCUT2D eigenvalue weighted by Gasteiger charge is 2.38. The van der Waals surface area contributed by atoms with Crippen molar-refractivity contribution in [2.24, 2.45) is 0 Å². The van der Waals surface area contributed by atoms with Crippen LogP contribution in [-0.4, -0.2) is 30.4 Å². The lowest BCUT2D eigenvalue weighted by molar-refractivity contribution is -0.136. The van der Waals surface area contributed by atoms with Crippen LogP contribution >= 0.6 is 11.8 Å². The van der Waals surface area contributed by atoms with Crippen LogP contribution in [0.25, 0.3) is 5.57 Å². The topological polar surface area (TPSA) is 46.6 Å². The molecule has 0 unspecified atom stereocenters. The highest BCUT2D eigenvalue weighted by molar-refractivity contribution is 8.03. The minimum absolute atomic E-state index is 0.173. The lowest BCUT2D eigenvalue weighted by Crippen LogP contribution is -2.32. The number of thioether (sulfide) groups is 1. The van der Waals surface area contributed by atoms with Crippen molar-refractivity contribution in [1.29, 1.82) is 0 Å². The van der Waals surface area contributed by atoms with Crippen LogP contribution < -0.4 is 4.74 Å². The Morgan fingerprint density at radius 1 is 0.929 bits per heavy atom. The number of unbranched alkanes of at least 4 members (excludes halogenated alkanes) is 2. The Morgan fingerprint density at radius 2 is 1.64 bits per heavy atom. The third kappa shape index (κ3) is 4.47.